The van der Waals surface area contributed by atoms with Crippen LogP contribution in [0.2, 0.25) is 10.0 Å². The Bertz CT molecular complexity index is 1380. The van der Waals surface area contributed by atoms with E-state index in [-0.39, 0.29) is 38.8 Å². The number of benzene rings is 1. The van der Waals surface area contributed by atoms with Crippen molar-refractivity contribution in [1.82, 2.24) is 24.6 Å². The van der Waals surface area contributed by atoms with E-state index in [1.807, 2.05) is 0 Å². The zero-order valence-corrected chi connectivity index (χ0v) is 20.4. The van der Waals surface area contributed by atoms with Gasteiger partial charge in [-0.05, 0) is 50.5 Å². The third-order valence-electron chi connectivity index (χ3n) is 6.72. The Kier molecular flexibility index (Phi) is 5.39. The number of rotatable bonds is 2. The van der Waals surface area contributed by atoms with Crippen molar-refractivity contribution in [3.8, 4) is 5.69 Å². The van der Waals surface area contributed by atoms with Crippen LogP contribution in [0.1, 0.15) is 59.9 Å². The number of pyridine rings is 1. The summed E-state index contributed by atoms with van der Waals surface area (Å²) in [6.45, 7) is 3.59. The van der Waals surface area contributed by atoms with Crippen LogP contribution >= 0.6 is 23.2 Å². The Labute approximate surface area is 210 Å². The Morgan fingerprint density at radius 2 is 2.06 bits per heavy atom. The lowest BCUT2D eigenvalue weighted by atomic mass is 9.86. The fraction of sp³-hybridized carbons (Fsp3) is 0.375. The summed E-state index contributed by atoms with van der Waals surface area (Å²) in [5.74, 6) is -0.305. The van der Waals surface area contributed by atoms with Gasteiger partial charge in [-0.25, -0.2) is 14.1 Å². The Morgan fingerprint density at radius 1 is 1.23 bits per heavy atom. The molecule has 180 valence electrons. The zero-order valence-electron chi connectivity index (χ0n) is 18.8. The van der Waals surface area contributed by atoms with Gasteiger partial charge in [-0.2, -0.15) is 0 Å². The lowest BCUT2D eigenvalue weighted by molar-refractivity contribution is -0.152. The highest BCUT2D eigenvalue weighted by Gasteiger charge is 2.48. The number of hydrogen-bond donors (Lipinski definition) is 0. The molecule has 2 saturated heterocycles. The molecule has 6 rings (SSSR count). The molecule has 3 aliphatic rings. The van der Waals surface area contributed by atoms with E-state index in [0.717, 1.165) is 25.9 Å². The van der Waals surface area contributed by atoms with Gasteiger partial charge in [0.1, 0.15) is 17.3 Å². The van der Waals surface area contributed by atoms with Gasteiger partial charge >= 0.3 is 0 Å². The summed E-state index contributed by atoms with van der Waals surface area (Å²) in [5.41, 5.74) is 0.929. The molecule has 1 amide bonds. The van der Waals surface area contributed by atoms with E-state index < -0.39 is 11.9 Å². The second-order valence-corrected chi connectivity index (χ2v) is 9.88. The number of nitrogens with zero attached hydrogens (tertiary/aromatic N) is 6. The molecule has 2 aromatic heterocycles. The summed E-state index contributed by atoms with van der Waals surface area (Å²) < 4.78 is 22.2. The van der Waals surface area contributed by atoms with Crippen molar-refractivity contribution in [2.45, 2.75) is 37.8 Å². The number of carbonyl (C=O) groups excluding carboxylic acids is 1. The molecule has 2 fully saturated rings. The monoisotopic (exact) mass is 514 g/mol. The summed E-state index contributed by atoms with van der Waals surface area (Å²) in [6, 6.07) is 5.58. The number of ether oxygens (including phenoxy) is 1. The summed E-state index contributed by atoms with van der Waals surface area (Å²) >= 11 is 12.9. The molecule has 1 aromatic carbocycles. The second-order valence-electron chi connectivity index (χ2n) is 9.10. The second kappa shape index (κ2) is 8.36. The summed E-state index contributed by atoms with van der Waals surface area (Å²) in [5, 5.41) is 5.01. The van der Waals surface area contributed by atoms with Crippen molar-refractivity contribution < 1.29 is 13.9 Å². The minimum atomic E-state index is -0.563. The molecule has 8 nitrogen and oxygen atoms in total. The first kappa shape index (κ1) is 22.6. The molecule has 0 bridgehead atoms. The van der Waals surface area contributed by atoms with Gasteiger partial charge in [-0.15, -0.1) is 5.10 Å². The minimum Gasteiger partial charge on any atom is -0.371 e. The fourth-order valence-electron chi connectivity index (χ4n) is 4.95. The van der Waals surface area contributed by atoms with Crippen LogP contribution in [0.3, 0.4) is 0 Å². The quantitative estimate of drug-likeness (QED) is 0.505. The summed E-state index contributed by atoms with van der Waals surface area (Å²) in [7, 11) is 0. The highest BCUT2D eigenvalue weighted by molar-refractivity contribution is 6.45. The Balaban J connectivity index is 1.42. The molecule has 3 aliphatic heterocycles. The van der Waals surface area contributed by atoms with Crippen molar-refractivity contribution in [3.63, 3.8) is 0 Å². The van der Waals surface area contributed by atoms with Gasteiger partial charge in [-0.1, -0.05) is 23.2 Å². The number of amides is 1. The highest BCUT2D eigenvalue weighted by atomic mass is 35.5. The first-order valence-electron chi connectivity index (χ1n) is 11.4. The molecule has 1 spiro atoms. The summed E-state index contributed by atoms with van der Waals surface area (Å²) in [4.78, 5) is 28.4. The smallest absolute Gasteiger partial charge is 0.293 e. The molecule has 1 atom stereocenters. The van der Waals surface area contributed by atoms with Gasteiger partial charge < -0.3 is 9.64 Å². The molecule has 35 heavy (non-hydrogen) atoms. The molecular weight excluding hydrogens is 494 g/mol. The number of fused-ring (bicyclic) bond motifs is 3. The Morgan fingerprint density at radius 3 is 2.80 bits per heavy atom. The molecule has 0 radical (unpaired) electrons. The first-order chi connectivity index (χ1) is 16.9. The van der Waals surface area contributed by atoms with Crippen LogP contribution in [0.5, 0.6) is 0 Å². The predicted molar refractivity (Wildman–Crippen MR) is 128 cm³/mol. The van der Waals surface area contributed by atoms with Crippen molar-refractivity contribution >= 4 is 34.8 Å². The van der Waals surface area contributed by atoms with E-state index in [9.17, 15) is 9.18 Å². The zero-order chi connectivity index (χ0) is 24.3. The largest absolute Gasteiger partial charge is 0.371 e. The maximum absolute atomic E-state index is 14.8. The van der Waals surface area contributed by atoms with Gasteiger partial charge in [-0.3, -0.25) is 14.8 Å². The standard InChI is InChI=1S/C24H21Cl2FN6O2/c1-13-22-30-21(23(34)32-11-24(12-32)8-2-3-10-35-24)31-33(22)16-7-6-14(25)18(26)17(16)20(29-13)19-15(27)5-4-9-28-19/h4-7,9,13H,2-3,8,10-12H2,1H3/t13-/m0/s1. The Hall–Kier alpha value is -2.88. The minimum absolute atomic E-state index is 0.0465. The molecule has 3 aromatic rings. The number of aromatic nitrogens is 4. The average Bonchev–Trinajstić information content (AvgIpc) is 3.24. The lowest BCUT2D eigenvalue weighted by Crippen LogP contribution is -2.65. The van der Waals surface area contributed by atoms with Crippen molar-refractivity contribution in [2.24, 2.45) is 4.99 Å². The molecule has 0 saturated carbocycles. The SMILES string of the molecule is C[C@@H]1N=C(c2ncccc2F)c2c(ccc(Cl)c2Cl)-n2nc(C(=O)N3CC4(CCCCO4)C3)nc21. The van der Waals surface area contributed by atoms with Gasteiger partial charge in [0, 0.05) is 18.4 Å². The number of carbonyl (C=O) groups is 1. The molecule has 0 unspecified atom stereocenters. The van der Waals surface area contributed by atoms with Gasteiger partial charge in [0.15, 0.2) is 11.6 Å². The van der Waals surface area contributed by atoms with Gasteiger partial charge in [0.25, 0.3) is 5.91 Å². The van der Waals surface area contributed by atoms with Crippen LogP contribution in [-0.2, 0) is 4.74 Å². The predicted octanol–water partition coefficient (Wildman–Crippen LogP) is 4.42. The topological polar surface area (TPSA) is 85.5 Å². The van der Waals surface area contributed by atoms with E-state index in [1.165, 1.54) is 18.3 Å². The maximum Gasteiger partial charge on any atom is 0.293 e. The fourth-order valence-corrected chi connectivity index (χ4v) is 5.36. The van der Waals surface area contributed by atoms with Crippen LogP contribution in [0.15, 0.2) is 35.5 Å². The van der Waals surface area contributed by atoms with Gasteiger partial charge in [0.05, 0.1) is 34.5 Å². The van der Waals surface area contributed by atoms with Crippen LogP contribution in [0.4, 0.5) is 4.39 Å². The molecular formula is C24H21Cl2FN6O2. The molecule has 0 aliphatic carbocycles. The van der Waals surface area contributed by atoms with E-state index in [0.29, 0.717) is 30.2 Å². The number of aliphatic imine (C=N–C) groups is 1. The van der Waals surface area contributed by atoms with Crippen molar-refractivity contribution in [3.05, 3.63) is 69.2 Å². The molecule has 0 N–H and O–H groups in total. The van der Waals surface area contributed by atoms with Crippen molar-refractivity contribution in [1.29, 1.82) is 0 Å². The van der Waals surface area contributed by atoms with E-state index in [2.05, 4.69) is 15.1 Å². The van der Waals surface area contributed by atoms with E-state index in [4.69, 9.17) is 32.9 Å². The van der Waals surface area contributed by atoms with Crippen LogP contribution in [-0.4, -0.2) is 61.6 Å². The van der Waals surface area contributed by atoms with Crippen LogP contribution in [0, 0.1) is 5.82 Å². The normalized spacial score (nSPS) is 20.5. The molecule has 11 heteroatoms. The van der Waals surface area contributed by atoms with E-state index >= 15 is 0 Å². The van der Waals surface area contributed by atoms with Crippen LogP contribution in [0.25, 0.3) is 5.69 Å². The number of likely N-dealkylation sites (tertiary alicyclic amines) is 1. The highest BCUT2D eigenvalue weighted by Crippen LogP contribution is 2.38. The van der Waals surface area contributed by atoms with Gasteiger partial charge in [0.2, 0.25) is 5.82 Å². The average molecular weight is 515 g/mol. The first-order valence-corrected chi connectivity index (χ1v) is 12.2. The third kappa shape index (κ3) is 3.64. The van der Waals surface area contributed by atoms with Crippen molar-refractivity contribution in [2.75, 3.05) is 19.7 Å². The summed E-state index contributed by atoms with van der Waals surface area (Å²) in [6.07, 6.45) is 4.60. The van der Waals surface area contributed by atoms with Crippen LogP contribution < -0.4 is 0 Å². The molecule has 5 heterocycles. The van der Waals surface area contributed by atoms with E-state index in [1.54, 1.807) is 28.6 Å². The number of halogens is 3. The number of hydrogen-bond acceptors (Lipinski definition) is 6. The maximum atomic E-state index is 14.8. The lowest BCUT2D eigenvalue weighted by Gasteiger charge is -2.51. The third-order valence-corrected chi connectivity index (χ3v) is 7.53.